The van der Waals surface area contributed by atoms with Crippen LogP contribution in [0.2, 0.25) is 0 Å². The number of hydrogen-bond donors (Lipinski definition) is 1. The number of amides is 1. The molecule has 0 saturated carbocycles. The molecule has 1 heterocycles. The highest BCUT2D eigenvalue weighted by Gasteiger charge is 2.30. The quantitative estimate of drug-likeness (QED) is 0.266. The van der Waals surface area contributed by atoms with Crippen LogP contribution in [-0.2, 0) is 16.0 Å². The fourth-order valence-corrected chi connectivity index (χ4v) is 4.60. The standard InChI is InChI=1S/C28H19F3N2O4S/c1-38(35,36)21-13-14-22(23(16-21)17-9-11-19(12-10-17)28(29,30)31)26(34)32-20-6-4-5-18(15-20)27-33-24-7-2-3-8-25(24)37-27/h2-16H,1H3,(H,32,34). The number of nitrogens with zero attached hydrogens (tertiary/aromatic N) is 1. The first-order valence-electron chi connectivity index (χ1n) is 11.3. The van der Waals surface area contributed by atoms with E-state index in [1.54, 1.807) is 30.3 Å². The molecule has 5 rings (SSSR count). The Hall–Kier alpha value is -4.44. The Kier molecular flexibility index (Phi) is 6.28. The summed E-state index contributed by atoms with van der Waals surface area (Å²) in [6, 6.07) is 22.2. The summed E-state index contributed by atoms with van der Waals surface area (Å²) in [4.78, 5) is 17.7. The number of oxazole rings is 1. The molecule has 0 bridgehead atoms. The molecule has 5 aromatic rings. The third-order valence-corrected chi connectivity index (χ3v) is 6.96. The van der Waals surface area contributed by atoms with Gasteiger partial charge in [0.05, 0.1) is 10.5 Å². The van der Waals surface area contributed by atoms with Gasteiger partial charge in [0.25, 0.3) is 5.91 Å². The summed E-state index contributed by atoms with van der Waals surface area (Å²) in [7, 11) is -3.64. The van der Waals surface area contributed by atoms with Gasteiger partial charge in [0.2, 0.25) is 5.89 Å². The first-order valence-corrected chi connectivity index (χ1v) is 13.2. The number of halogens is 3. The van der Waals surface area contributed by atoms with Crippen LogP contribution in [0.15, 0.2) is 100 Å². The first kappa shape index (κ1) is 25.2. The second-order valence-electron chi connectivity index (χ2n) is 8.58. The van der Waals surface area contributed by atoms with Crippen molar-refractivity contribution in [2.24, 2.45) is 0 Å². The van der Waals surface area contributed by atoms with E-state index in [0.717, 1.165) is 18.4 Å². The third kappa shape index (κ3) is 5.16. The zero-order valence-corrected chi connectivity index (χ0v) is 20.6. The van der Waals surface area contributed by atoms with Crippen molar-refractivity contribution in [2.45, 2.75) is 11.1 Å². The molecule has 10 heteroatoms. The van der Waals surface area contributed by atoms with E-state index in [4.69, 9.17) is 4.42 Å². The minimum absolute atomic E-state index is 0.0677. The molecule has 0 fully saturated rings. The van der Waals surface area contributed by atoms with Gasteiger partial charge < -0.3 is 9.73 Å². The monoisotopic (exact) mass is 536 g/mol. The molecule has 192 valence electrons. The average Bonchev–Trinajstić information content (AvgIpc) is 3.32. The van der Waals surface area contributed by atoms with Gasteiger partial charge in [-0.25, -0.2) is 13.4 Å². The van der Waals surface area contributed by atoms with Gasteiger partial charge in [-0.15, -0.1) is 0 Å². The lowest BCUT2D eigenvalue weighted by Crippen LogP contribution is -2.14. The highest BCUT2D eigenvalue weighted by molar-refractivity contribution is 7.90. The maximum Gasteiger partial charge on any atom is 0.416 e. The van der Waals surface area contributed by atoms with E-state index in [2.05, 4.69) is 10.3 Å². The Morgan fingerprint density at radius 3 is 2.29 bits per heavy atom. The predicted molar refractivity (Wildman–Crippen MR) is 137 cm³/mol. The van der Waals surface area contributed by atoms with Crippen molar-refractivity contribution in [3.05, 3.63) is 102 Å². The number of para-hydroxylation sites is 2. The van der Waals surface area contributed by atoms with E-state index in [1.165, 1.54) is 30.3 Å². The average molecular weight is 537 g/mol. The number of carbonyl (C=O) groups is 1. The van der Waals surface area contributed by atoms with Crippen molar-refractivity contribution in [1.82, 2.24) is 4.98 Å². The van der Waals surface area contributed by atoms with E-state index in [0.29, 0.717) is 28.2 Å². The lowest BCUT2D eigenvalue weighted by Gasteiger charge is -2.14. The summed E-state index contributed by atoms with van der Waals surface area (Å²) >= 11 is 0. The smallest absolute Gasteiger partial charge is 0.416 e. The number of sulfone groups is 1. The minimum Gasteiger partial charge on any atom is -0.436 e. The van der Waals surface area contributed by atoms with E-state index < -0.39 is 27.5 Å². The summed E-state index contributed by atoms with van der Waals surface area (Å²) < 4.78 is 69.2. The molecular weight excluding hydrogens is 517 g/mol. The van der Waals surface area contributed by atoms with Crippen molar-refractivity contribution in [3.8, 4) is 22.6 Å². The fourth-order valence-electron chi connectivity index (χ4n) is 3.95. The van der Waals surface area contributed by atoms with Gasteiger partial charge in [-0.2, -0.15) is 13.2 Å². The molecule has 38 heavy (non-hydrogen) atoms. The summed E-state index contributed by atoms with van der Waals surface area (Å²) in [5, 5.41) is 2.77. The molecule has 1 aromatic heterocycles. The summed E-state index contributed by atoms with van der Waals surface area (Å²) in [6.07, 6.45) is -3.52. The van der Waals surface area contributed by atoms with Gasteiger partial charge in [-0.1, -0.05) is 30.3 Å². The minimum atomic E-state index is -4.53. The molecule has 0 aliphatic carbocycles. The van der Waals surface area contributed by atoms with E-state index in [1.807, 2.05) is 18.2 Å². The maximum atomic E-state index is 13.3. The molecule has 0 atom stereocenters. The summed E-state index contributed by atoms with van der Waals surface area (Å²) in [5.41, 5.74) is 2.00. The Labute approximate surface area is 215 Å². The largest absolute Gasteiger partial charge is 0.436 e. The van der Waals surface area contributed by atoms with Crippen LogP contribution in [-0.4, -0.2) is 25.6 Å². The Morgan fingerprint density at radius 1 is 0.868 bits per heavy atom. The fraction of sp³-hybridized carbons (Fsp3) is 0.0714. The lowest BCUT2D eigenvalue weighted by molar-refractivity contribution is -0.137. The van der Waals surface area contributed by atoms with Crippen molar-refractivity contribution in [1.29, 1.82) is 0 Å². The van der Waals surface area contributed by atoms with Gasteiger partial charge in [0.15, 0.2) is 15.4 Å². The molecular formula is C28H19F3N2O4S. The van der Waals surface area contributed by atoms with Gasteiger partial charge in [-0.3, -0.25) is 4.79 Å². The number of nitrogens with one attached hydrogen (secondary N) is 1. The molecule has 1 N–H and O–H groups in total. The molecule has 1 amide bonds. The van der Waals surface area contributed by atoms with Gasteiger partial charge in [0, 0.05) is 23.1 Å². The number of anilines is 1. The van der Waals surface area contributed by atoms with Crippen LogP contribution in [0.4, 0.5) is 18.9 Å². The van der Waals surface area contributed by atoms with Gasteiger partial charge in [0.1, 0.15) is 5.52 Å². The van der Waals surface area contributed by atoms with Crippen LogP contribution in [0.3, 0.4) is 0 Å². The van der Waals surface area contributed by atoms with Crippen LogP contribution in [0, 0.1) is 0 Å². The predicted octanol–water partition coefficient (Wildman–Crippen LogP) is 6.84. The molecule has 0 saturated heterocycles. The zero-order chi connectivity index (χ0) is 27.1. The number of benzene rings is 4. The number of alkyl halides is 3. The molecule has 0 aliphatic heterocycles. The molecule has 4 aromatic carbocycles. The second-order valence-corrected chi connectivity index (χ2v) is 10.6. The van der Waals surface area contributed by atoms with Crippen LogP contribution in [0.5, 0.6) is 0 Å². The van der Waals surface area contributed by atoms with Crippen LogP contribution in [0.1, 0.15) is 15.9 Å². The van der Waals surface area contributed by atoms with Crippen molar-refractivity contribution < 1.29 is 30.8 Å². The Bertz CT molecular complexity index is 1740. The maximum absolute atomic E-state index is 13.3. The van der Waals surface area contributed by atoms with Crippen molar-refractivity contribution >= 4 is 32.5 Å². The third-order valence-electron chi connectivity index (χ3n) is 5.85. The topological polar surface area (TPSA) is 89.3 Å². The van der Waals surface area contributed by atoms with Crippen LogP contribution in [0.25, 0.3) is 33.7 Å². The highest BCUT2D eigenvalue weighted by atomic mass is 32.2. The normalized spacial score (nSPS) is 12.0. The molecule has 6 nitrogen and oxygen atoms in total. The first-order chi connectivity index (χ1) is 18.0. The summed E-state index contributed by atoms with van der Waals surface area (Å²) in [6.45, 7) is 0. The van der Waals surface area contributed by atoms with Gasteiger partial charge >= 0.3 is 6.18 Å². The number of rotatable bonds is 5. The molecule has 0 radical (unpaired) electrons. The zero-order valence-electron chi connectivity index (χ0n) is 19.8. The second kappa shape index (κ2) is 9.46. The highest BCUT2D eigenvalue weighted by Crippen LogP contribution is 2.33. The van der Waals surface area contributed by atoms with E-state index >= 15 is 0 Å². The van der Waals surface area contributed by atoms with Crippen LogP contribution >= 0.6 is 0 Å². The van der Waals surface area contributed by atoms with Gasteiger partial charge in [-0.05, 0) is 71.8 Å². The van der Waals surface area contributed by atoms with E-state index in [-0.39, 0.29) is 21.6 Å². The number of fused-ring (bicyclic) bond motifs is 1. The van der Waals surface area contributed by atoms with E-state index in [9.17, 15) is 26.4 Å². The number of aromatic nitrogens is 1. The van der Waals surface area contributed by atoms with Crippen molar-refractivity contribution in [3.63, 3.8) is 0 Å². The van der Waals surface area contributed by atoms with Crippen molar-refractivity contribution in [2.75, 3.05) is 11.6 Å². The molecule has 0 spiro atoms. The lowest BCUT2D eigenvalue weighted by atomic mass is 9.98. The molecule has 0 aliphatic rings. The number of carbonyl (C=O) groups excluding carboxylic acids is 1. The Balaban J connectivity index is 1.50. The molecule has 0 unspecified atom stereocenters. The summed E-state index contributed by atoms with van der Waals surface area (Å²) in [5.74, 6) is -0.208. The SMILES string of the molecule is CS(=O)(=O)c1ccc(C(=O)Nc2cccc(-c3nc4ccccc4o3)c2)c(-c2ccc(C(F)(F)F)cc2)c1. The van der Waals surface area contributed by atoms with Crippen LogP contribution < -0.4 is 5.32 Å². The number of hydrogen-bond acceptors (Lipinski definition) is 5. The Morgan fingerprint density at radius 2 is 1.61 bits per heavy atom.